The summed E-state index contributed by atoms with van der Waals surface area (Å²) < 4.78 is 5.44. The Morgan fingerprint density at radius 2 is 1.61 bits per heavy atom. The fourth-order valence-electron chi connectivity index (χ4n) is 2.83. The van der Waals surface area contributed by atoms with E-state index in [1.807, 2.05) is 25.7 Å². The molecule has 0 saturated carbocycles. The van der Waals surface area contributed by atoms with Crippen LogP contribution in [-0.4, -0.2) is 52.7 Å². The monoisotopic (exact) mass is 256 g/mol. The first kappa shape index (κ1) is 15.3. The smallest absolute Gasteiger partial charge is 0.410 e. The predicted molar refractivity (Wildman–Crippen MR) is 73.7 cm³/mol. The highest BCUT2D eigenvalue weighted by Gasteiger charge is 2.34. The molecule has 4 nitrogen and oxygen atoms in total. The first-order valence-corrected chi connectivity index (χ1v) is 6.87. The van der Waals surface area contributed by atoms with Crippen molar-refractivity contribution in [2.45, 2.75) is 72.2 Å². The lowest BCUT2D eigenvalue weighted by atomic mass is 10.1. The molecule has 4 heteroatoms. The van der Waals surface area contributed by atoms with Gasteiger partial charge >= 0.3 is 6.09 Å². The van der Waals surface area contributed by atoms with Crippen LogP contribution < -0.4 is 0 Å². The van der Waals surface area contributed by atoms with E-state index in [4.69, 9.17) is 4.74 Å². The summed E-state index contributed by atoms with van der Waals surface area (Å²) in [6, 6.07) is 1.26. The highest BCUT2D eigenvalue weighted by atomic mass is 16.6. The Bertz CT molecular complexity index is 285. The molecule has 0 aromatic carbocycles. The van der Waals surface area contributed by atoms with Gasteiger partial charge in [-0.05, 0) is 48.5 Å². The maximum Gasteiger partial charge on any atom is 0.410 e. The molecule has 1 rings (SSSR count). The Kier molecular flexibility index (Phi) is 4.65. The number of carbonyl (C=O) groups excluding carboxylic acids is 1. The van der Waals surface area contributed by atoms with Crippen LogP contribution in [0.4, 0.5) is 4.79 Å². The highest BCUT2D eigenvalue weighted by Crippen LogP contribution is 2.20. The van der Waals surface area contributed by atoms with Gasteiger partial charge in [0.05, 0.1) is 0 Å². The minimum Gasteiger partial charge on any atom is -0.444 e. The van der Waals surface area contributed by atoms with E-state index >= 15 is 0 Å². The SMILES string of the molecule is CC(C)N1C(C)CN(C(=O)OC(C)(C)C)CC1C. The third-order valence-corrected chi connectivity index (χ3v) is 3.24. The molecule has 1 amide bonds. The summed E-state index contributed by atoms with van der Waals surface area (Å²) >= 11 is 0. The highest BCUT2D eigenvalue weighted by molar-refractivity contribution is 5.68. The zero-order valence-electron chi connectivity index (χ0n) is 12.9. The van der Waals surface area contributed by atoms with Gasteiger partial charge in [0.2, 0.25) is 0 Å². The summed E-state index contributed by atoms with van der Waals surface area (Å²) in [4.78, 5) is 16.4. The summed E-state index contributed by atoms with van der Waals surface area (Å²) in [6.45, 7) is 16.0. The van der Waals surface area contributed by atoms with E-state index < -0.39 is 5.60 Å². The molecule has 0 spiro atoms. The molecule has 2 unspecified atom stereocenters. The second-order valence-electron chi connectivity index (χ2n) is 6.62. The van der Waals surface area contributed by atoms with E-state index in [-0.39, 0.29) is 6.09 Å². The van der Waals surface area contributed by atoms with Crippen molar-refractivity contribution < 1.29 is 9.53 Å². The second kappa shape index (κ2) is 5.47. The quantitative estimate of drug-likeness (QED) is 0.723. The molecule has 0 aromatic rings. The summed E-state index contributed by atoms with van der Waals surface area (Å²) in [5.74, 6) is 0. The Balaban J connectivity index is 2.65. The van der Waals surface area contributed by atoms with Crippen molar-refractivity contribution in [3.8, 4) is 0 Å². The molecule has 0 N–H and O–H groups in total. The molecule has 1 fully saturated rings. The zero-order valence-corrected chi connectivity index (χ0v) is 12.9. The van der Waals surface area contributed by atoms with Crippen LogP contribution in [0.1, 0.15) is 48.5 Å². The standard InChI is InChI=1S/C14H28N2O2/c1-10(2)16-11(3)8-15(9-12(16)4)13(17)18-14(5,6)7/h10-12H,8-9H2,1-7H3. The lowest BCUT2D eigenvalue weighted by molar-refractivity contribution is -0.0160. The van der Waals surface area contributed by atoms with Crippen LogP contribution in [0.3, 0.4) is 0 Å². The maximum absolute atomic E-state index is 12.1. The first-order valence-electron chi connectivity index (χ1n) is 6.87. The molecule has 0 aromatic heterocycles. The van der Waals surface area contributed by atoms with Crippen LogP contribution in [0.5, 0.6) is 0 Å². The van der Waals surface area contributed by atoms with Crippen molar-refractivity contribution in [1.82, 2.24) is 9.80 Å². The van der Waals surface area contributed by atoms with E-state index in [2.05, 4.69) is 32.6 Å². The fourth-order valence-corrected chi connectivity index (χ4v) is 2.83. The van der Waals surface area contributed by atoms with E-state index in [1.54, 1.807) is 0 Å². The number of amides is 1. The summed E-state index contributed by atoms with van der Waals surface area (Å²) in [7, 11) is 0. The second-order valence-corrected chi connectivity index (χ2v) is 6.62. The van der Waals surface area contributed by atoms with E-state index in [1.165, 1.54) is 0 Å². The van der Waals surface area contributed by atoms with Gasteiger partial charge in [-0.2, -0.15) is 0 Å². The van der Waals surface area contributed by atoms with Crippen LogP contribution in [0, 0.1) is 0 Å². The van der Waals surface area contributed by atoms with Crippen LogP contribution in [-0.2, 0) is 4.74 Å². The third-order valence-electron chi connectivity index (χ3n) is 3.24. The first-order chi connectivity index (χ1) is 8.11. The van der Waals surface area contributed by atoms with E-state index in [9.17, 15) is 4.79 Å². The van der Waals surface area contributed by atoms with Crippen molar-refractivity contribution in [3.05, 3.63) is 0 Å². The number of ether oxygens (including phenoxy) is 1. The van der Waals surface area contributed by atoms with Gasteiger partial charge in [-0.25, -0.2) is 4.79 Å². The maximum atomic E-state index is 12.1. The number of carbonyl (C=O) groups is 1. The van der Waals surface area contributed by atoms with Gasteiger partial charge in [0, 0.05) is 31.2 Å². The van der Waals surface area contributed by atoms with Gasteiger partial charge in [-0.3, -0.25) is 4.90 Å². The third kappa shape index (κ3) is 3.87. The molecular formula is C14H28N2O2. The molecule has 1 aliphatic rings. The van der Waals surface area contributed by atoms with Gasteiger partial charge in [0.1, 0.15) is 5.60 Å². The fraction of sp³-hybridized carbons (Fsp3) is 0.929. The Morgan fingerprint density at radius 3 is 1.94 bits per heavy atom. The Labute approximate surface area is 111 Å². The summed E-state index contributed by atoms with van der Waals surface area (Å²) in [5, 5.41) is 0. The normalized spacial score (nSPS) is 26.6. The average Bonchev–Trinajstić information content (AvgIpc) is 2.12. The summed E-state index contributed by atoms with van der Waals surface area (Å²) in [6.07, 6.45) is -0.190. The molecule has 18 heavy (non-hydrogen) atoms. The molecule has 2 atom stereocenters. The molecule has 1 heterocycles. The van der Waals surface area contributed by atoms with Crippen molar-refractivity contribution >= 4 is 6.09 Å². The Morgan fingerprint density at radius 1 is 1.17 bits per heavy atom. The number of rotatable bonds is 1. The number of hydrogen-bond donors (Lipinski definition) is 0. The molecule has 1 aliphatic heterocycles. The Hall–Kier alpha value is -0.770. The molecule has 1 saturated heterocycles. The molecule has 0 bridgehead atoms. The van der Waals surface area contributed by atoms with Gasteiger partial charge in [0.25, 0.3) is 0 Å². The minimum absolute atomic E-state index is 0.190. The minimum atomic E-state index is -0.418. The number of piperazine rings is 1. The van der Waals surface area contributed by atoms with Crippen LogP contribution in [0.2, 0.25) is 0 Å². The molecular weight excluding hydrogens is 228 g/mol. The van der Waals surface area contributed by atoms with Crippen molar-refractivity contribution in [2.75, 3.05) is 13.1 Å². The van der Waals surface area contributed by atoms with Crippen molar-refractivity contribution in [1.29, 1.82) is 0 Å². The lowest BCUT2D eigenvalue weighted by Crippen LogP contribution is -2.60. The zero-order chi connectivity index (χ0) is 14.1. The lowest BCUT2D eigenvalue weighted by Gasteiger charge is -2.46. The predicted octanol–water partition coefficient (Wildman–Crippen LogP) is 2.72. The van der Waals surface area contributed by atoms with Crippen LogP contribution in [0.25, 0.3) is 0 Å². The van der Waals surface area contributed by atoms with Crippen LogP contribution >= 0.6 is 0 Å². The molecule has 0 aliphatic carbocycles. The van der Waals surface area contributed by atoms with Gasteiger partial charge < -0.3 is 9.64 Å². The van der Waals surface area contributed by atoms with Gasteiger partial charge in [-0.15, -0.1) is 0 Å². The average molecular weight is 256 g/mol. The van der Waals surface area contributed by atoms with Gasteiger partial charge in [0.15, 0.2) is 0 Å². The summed E-state index contributed by atoms with van der Waals surface area (Å²) in [5.41, 5.74) is -0.418. The van der Waals surface area contributed by atoms with Gasteiger partial charge in [-0.1, -0.05) is 0 Å². The molecule has 106 valence electrons. The molecule has 0 radical (unpaired) electrons. The van der Waals surface area contributed by atoms with Crippen molar-refractivity contribution in [3.63, 3.8) is 0 Å². The number of hydrogen-bond acceptors (Lipinski definition) is 3. The number of nitrogens with zero attached hydrogens (tertiary/aromatic N) is 2. The topological polar surface area (TPSA) is 32.8 Å². The van der Waals surface area contributed by atoms with Crippen LogP contribution in [0.15, 0.2) is 0 Å². The van der Waals surface area contributed by atoms with Crippen molar-refractivity contribution in [2.24, 2.45) is 0 Å². The largest absolute Gasteiger partial charge is 0.444 e. The van der Waals surface area contributed by atoms with E-state index in [0.29, 0.717) is 18.1 Å². The van der Waals surface area contributed by atoms with E-state index in [0.717, 1.165) is 13.1 Å².